The van der Waals surface area contributed by atoms with E-state index in [1.807, 2.05) is 0 Å². The fraction of sp³-hybridized carbons (Fsp3) is 0.429. The quantitative estimate of drug-likeness (QED) is 0.824. The molecule has 3 N–H and O–H groups in total. The minimum atomic E-state index is -0.480. The van der Waals surface area contributed by atoms with Gasteiger partial charge < -0.3 is 15.8 Å². The van der Waals surface area contributed by atoms with Crippen LogP contribution in [0.1, 0.15) is 58.3 Å². The molecule has 3 rings (SSSR count). The van der Waals surface area contributed by atoms with Gasteiger partial charge in [-0.1, -0.05) is 20.8 Å². The molecule has 0 aliphatic heterocycles. The second kappa shape index (κ2) is 7.35. The highest BCUT2D eigenvalue weighted by Crippen LogP contribution is 2.44. The average molecular weight is 387 g/mol. The summed E-state index contributed by atoms with van der Waals surface area (Å²) in [6, 6.07) is 6.86. The number of carbonyl (C=O) groups is 2. The Balaban J connectivity index is 1.88. The predicted octanol–water partition coefficient (Wildman–Crippen LogP) is 4.26. The largest absolute Gasteiger partial charge is 0.497 e. The number of thiophene rings is 1. The minimum absolute atomic E-state index is 0.209. The van der Waals surface area contributed by atoms with Crippen molar-refractivity contribution in [2.75, 3.05) is 12.4 Å². The van der Waals surface area contributed by atoms with E-state index >= 15 is 0 Å². The Bertz CT molecular complexity index is 863. The van der Waals surface area contributed by atoms with Crippen molar-refractivity contribution >= 4 is 28.2 Å². The topological polar surface area (TPSA) is 81.4 Å². The van der Waals surface area contributed by atoms with Gasteiger partial charge in [0, 0.05) is 10.4 Å². The van der Waals surface area contributed by atoms with Crippen molar-refractivity contribution in [1.82, 2.24) is 0 Å². The van der Waals surface area contributed by atoms with Gasteiger partial charge in [0.05, 0.1) is 12.7 Å². The number of fused-ring (bicyclic) bond motifs is 1. The molecule has 2 aromatic rings. The van der Waals surface area contributed by atoms with Crippen molar-refractivity contribution < 1.29 is 14.3 Å². The fourth-order valence-electron chi connectivity index (χ4n) is 3.59. The van der Waals surface area contributed by atoms with Crippen LogP contribution in [-0.2, 0) is 12.8 Å². The number of nitrogens with one attached hydrogen (secondary N) is 1. The summed E-state index contributed by atoms with van der Waals surface area (Å²) in [5.41, 5.74) is 7.86. The number of hydrogen-bond donors (Lipinski definition) is 2. The molecular formula is C21H26N2O3S. The molecule has 1 heterocycles. The number of benzene rings is 1. The van der Waals surface area contributed by atoms with Crippen LogP contribution in [0.25, 0.3) is 0 Å². The van der Waals surface area contributed by atoms with Crippen molar-refractivity contribution in [2.24, 2.45) is 17.1 Å². The number of ether oxygens (including phenoxy) is 1. The molecule has 1 aromatic heterocycles. The molecule has 6 heteroatoms. The molecule has 144 valence electrons. The molecule has 0 radical (unpaired) electrons. The van der Waals surface area contributed by atoms with Crippen molar-refractivity contribution in [2.45, 2.75) is 40.0 Å². The second-order valence-corrected chi connectivity index (χ2v) is 9.17. The Morgan fingerprint density at radius 1 is 1.22 bits per heavy atom. The van der Waals surface area contributed by atoms with Gasteiger partial charge in [0.25, 0.3) is 11.8 Å². The van der Waals surface area contributed by atoms with Gasteiger partial charge in [0.1, 0.15) is 10.8 Å². The van der Waals surface area contributed by atoms with Crippen LogP contribution < -0.4 is 15.8 Å². The van der Waals surface area contributed by atoms with Gasteiger partial charge in [0.2, 0.25) is 0 Å². The van der Waals surface area contributed by atoms with E-state index in [0.717, 1.165) is 24.8 Å². The normalized spacial score (nSPS) is 16.5. The summed E-state index contributed by atoms with van der Waals surface area (Å²) < 4.78 is 5.12. The van der Waals surface area contributed by atoms with Crippen LogP contribution in [0.5, 0.6) is 5.75 Å². The highest BCUT2D eigenvalue weighted by molar-refractivity contribution is 7.17. The lowest BCUT2D eigenvalue weighted by Crippen LogP contribution is -2.27. The molecule has 1 unspecified atom stereocenters. The molecule has 1 atom stereocenters. The van der Waals surface area contributed by atoms with Gasteiger partial charge in [-0.15, -0.1) is 11.3 Å². The van der Waals surface area contributed by atoms with E-state index in [1.165, 1.54) is 16.2 Å². The van der Waals surface area contributed by atoms with Gasteiger partial charge in [0.15, 0.2) is 0 Å². The van der Waals surface area contributed by atoms with Crippen LogP contribution in [0.15, 0.2) is 24.3 Å². The van der Waals surface area contributed by atoms with Crippen LogP contribution in [0.3, 0.4) is 0 Å². The summed E-state index contributed by atoms with van der Waals surface area (Å²) >= 11 is 1.48. The zero-order valence-electron chi connectivity index (χ0n) is 16.2. The zero-order valence-corrected chi connectivity index (χ0v) is 17.0. The monoisotopic (exact) mass is 386 g/mol. The predicted molar refractivity (Wildman–Crippen MR) is 109 cm³/mol. The molecule has 0 bridgehead atoms. The van der Waals surface area contributed by atoms with Crippen molar-refractivity contribution in [3.63, 3.8) is 0 Å². The summed E-state index contributed by atoms with van der Waals surface area (Å²) in [5.74, 6) is 0.497. The Morgan fingerprint density at radius 3 is 2.44 bits per heavy atom. The third kappa shape index (κ3) is 4.00. The first-order valence-corrected chi connectivity index (χ1v) is 9.92. The number of anilines is 1. The maximum atomic E-state index is 12.6. The van der Waals surface area contributed by atoms with Gasteiger partial charge in [-0.25, -0.2) is 0 Å². The Morgan fingerprint density at radius 2 is 1.89 bits per heavy atom. The third-order valence-electron chi connectivity index (χ3n) is 5.32. The van der Waals surface area contributed by atoms with E-state index < -0.39 is 5.91 Å². The summed E-state index contributed by atoms with van der Waals surface area (Å²) in [6.45, 7) is 6.74. The molecule has 1 aromatic carbocycles. The lowest BCUT2D eigenvalue weighted by molar-refractivity contribution is 0.1000. The summed E-state index contributed by atoms with van der Waals surface area (Å²) in [4.78, 5) is 25.9. The molecular weight excluding hydrogens is 360 g/mol. The number of carbonyl (C=O) groups excluding carboxylic acids is 2. The Labute approximate surface area is 163 Å². The number of primary amides is 1. The summed E-state index contributed by atoms with van der Waals surface area (Å²) in [5, 5.41) is 3.45. The standard InChI is InChI=1S/C21H26N2O3S/c1-21(2,3)13-7-10-15-16(11-13)27-20(17(15)18(22)24)23-19(25)12-5-8-14(26-4)9-6-12/h5-6,8-9,13H,7,10-11H2,1-4H3,(H2,22,24)(H,23,25). The van der Waals surface area contributed by atoms with Crippen LogP contribution >= 0.6 is 11.3 Å². The molecule has 0 saturated carbocycles. The molecule has 0 spiro atoms. The van der Waals surface area contributed by atoms with Crippen LogP contribution in [0, 0.1) is 11.3 Å². The highest BCUT2D eigenvalue weighted by Gasteiger charge is 2.33. The SMILES string of the molecule is COc1ccc(C(=O)Nc2sc3c(c2C(N)=O)CCC(C(C)(C)C)C3)cc1. The summed E-state index contributed by atoms with van der Waals surface area (Å²) in [7, 11) is 1.58. The summed E-state index contributed by atoms with van der Waals surface area (Å²) in [6.07, 6.45) is 2.77. The lowest BCUT2D eigenvalue weighted by atomic mass is 9.72. The molecule has 1 aliphatic rings. The van der Waals surface area contributed by atoms with Crippen molar-refractivity contribution in [3.05, 3.63) is 45.8 Å². The maximum absolute atomic E-state index is 12.6. The number of methoxy groups -OCH3 is 1. The van der Waals surface area contributed by atoms with Crippen LogP contribution in [-0.4, -0.2) is 18.9 Å². The number of nitrogens with two attached hydrogens (primary N) is 1. The van der Waals surface area contributed by atoms with E-state index in [1.54, 1.807) is 31.4 Å². The highest BCUT2D eigenvalue weighted by atomic mass is 32.1. The first kappa shape index (κ1) is 19.4. The molecule has 0 fully saturated rings. The smallest absolute Gasteiger partial charge is 0.256 e. The average Bonchev–Trinajstić information content (AvgIpc) is 2.98. The van der Waals surface area contributed by atoms with Gasteiger partial charge in [-0.3, -0.25) is 9.59 Å². The minimum Gasteiger partial charge on any atom is -0.497 e. The van der Waals surface area contributed by atoms with Gasteiger partial charge in [-0.2, -0.15) is 0 Å². The molecule has 0 saturated heterocycles. The van der Waals surface area contributed by atoms with E-state index in [-0.39, 0.29) is 11.3 Å². The van der Waals surface area contributed by atoms with Crippen LogP contribution in [0.2, 0.25) is 0 Å². The Hall–Kier alpha value is -2.34. The Kier molecular flexibility index (Phi) is 5.29. The molecule has 5 nitrogen and oxygen atoms in total. The zero-order chi connectivity index (χ0) is 19.8. The lowest BCUT2D eigenvalue weighted by Gasteiger charge is -2.33. The van der Waals surface area contributed by atoms with Gasteiger partial charge in [-0.05, 0) is 60.4 Å². The van der Waals surface area contributed by atoms with E-state index in [2.05, 4.69) is 26.1 Å². The first-order valence-electron chi connectivity index (χ1n) is 9.10. The maximum Gasteiger partial charge on any atom is 0.256 e. The van der Waals surface area contributed by atoms with Crippen molar-refractivity contribution in [1.29, 1.82) is 0 Å². The second-order valence-electron chi connectivity index (χ2n) is 8.06. The molecule has 27 heavy (non-hydrogen) atoms. The number of rotatable bonds is 4. The van der Waals surface area contributed by atoms with Crippen molar-refractivity contribution in [3.8, 4) is 5.75 Å². The number of hydrogen-bond acceptors (Lipinski definition) is 4. The third-order valence-corrected chi connectivity index (χ3v) is 6.49. The van der Waals surface area contributed by atoms with E-state index in [9.17, 15) is 9.59 Å². The fourth-order valence-corrected chi connectivity index (χ4v) is 4.92. The molecule has 1 aliphatic carbocycles. The first-order chi connectivity index (χ1) is 12.7. The van der Waals surface area contributed by atoms with Gasteiger partial charge >= 0.3 is 0 Å². The van der Waals surface area contributed by atoms with E-state index in [4.69, 9.17) is 10.5 Å². The van der Waals surface area contributed by atoms with Crippen LogP contribution in [0.4, 0.5) is 5.00 Å². The van der Waals surface area contributed by atoms with E-state index in [0.29, 0.717) is 27.8 Å². The number of amides is 2. The molecule has 2 amide bonds.